The van der Waals surface area contributed by atoms with Gasteiger partial charge < -0.3 is 15.4 Å². The summed E-state index contributed by atoms with van der Waals surface area (Å²) < 4.78 is 33.7. The number of aryl methyl sites for hydroxylation is 2. The average Bonchev–Trinajstić information content (AvgIpc) is 2.66. The lowest BCUT2D eigenvalue weighted by Crippen LogP contribution is -2.46. The summed E-state index contributed by atoms with van der Waals surface area (Å²) in [7, 11) is 1.06. The van der Waals surface area contributed by atoms with Gasteiger partial charge in [-0.1, -0.05) is 29.8 Å². The Hall–Kier alpha value is -3.13. The van der Waals surface area contributed by atoms with Crippen LogP contribution in [0.4, 0.5) is 8.78 Å². The van der Waals surface area contributed by atoms with E-state index in [0.717, 1.165) is 30.4 Å². The number of Topliss-reactive ketones (excluding diaryl/α,β-unsaturated/α-hetero) is 1. The molecule has 1 aliphatic heterocycles. The maximum absolute atomic E-state index is 14.5. The van der Waals surface area contributed by atoms with Gasteiger partial charge in [-0.25, -0.2) is 13.6 Å². The quantitative estimate of drug-likeness (QED) is 0.453. The number of ketones is 1. The summed E-state index contributed by atoms with van der Waals surface area (Å²) in [6, 6.07) is 7.50. The number of hydrogen-bond acceptors (Lipinski definition) is 4. The monoisotopic (exact) mass is 416 g/mol. The number of ether oxygens (including phenoxy) is 1. The number of carbonyl (C=O) groups excluding carboxylic acids is 2. The molecule has 0 unspecified atom stereocenters. The first-order valence-corrected chi connectivity index (χ1v) is 9.11. The zero-order chi connectivity index (χ0) is 21.3. The van der Waals surface area contributed by atoms with Gasteiger partial charge in [-0.15, -0.1) is 0 Å². The Bertz CT molecular complexity index is 1050. The third kappa shape index (κ3) is 3.88. The standard InChI is InChI=1S/C21H18F2N2O3S/c1-10-7-8-12(11(2)9-10)17-16(19(26)20(27)28-3)18(25-21(29)24-17)15-13(22)5-4-6-14(15)23/h4-9,18H,1-3H3,(H2,24,25,29)/t18-/m1/s1. The molecule has 2 aromatic carbocycles. The van der Waals surface area contributed by atoms with Crippen LogP contribution in [-0.4, -0.2) is 24.0 Å². The van der Waals surface area contributed by atoms with Gasteiger partial charge in [0.25, 0.3) is 5.78 Å². The molecule has 0 radical (unpaired) electrons. The SMILES string of the molecule is COC(=O)C(=O)C1=C(c2ccc(C)cc2C)NC(=S)N[C@@H]1c1c(F)cccc1F. The summed E-state index contributed by atoms with van der Waals surface area (Å²) in [6.07, 6.45) is 0. The van der Waals surface area contributed by atoms with E-state index >= 15 is 0 Å². The van der Waals surface area contributed by atoms with Crippen LogP contribution in [0.2, 0.25) is 0 Å². The first kappa shape index (κ1) is 20.6. The van der Waals surface area contributed by atoms with Crippen molar-refractivity contribution in [2.45, 2.75) is 19.9 Å². The molecule has 0 spiro atoms. The molecule has 0 fully saturated rings. The molecule has 0 amide bonds. The minimum Gasteiger partial charge on any atom is -0.463 e. The number of nitrogens with one attached hydrogen (secondary N) is 2. The Kier molecular flexibility index (Phi) is 5.74. The van der Waals surface area contributed by atoms with Gasteiger partial charge in [0.2, 0.25) is 0 Å². The molecule has 2 N–H and O–H groups in total. The maximum atomic E-state index is 14.5. The molecule has 1 heterocycles. The van der Waals surface area contributed by atoms with Gasteiger partial charge in [0, 0.05) is 5.56 Å². The van der Waals surface area contributed by atoms with E-state index in [2.05, 4.69) is 15.4 Å². The van der Waals surface area contributed by atoms with Crippen LogP contribution >= 0.6 is 12.2 Å². The molecular formula is C21H18F2N2O3S. The zero-order valence-electron chi connectivity index (χ0n) is 15.9. The molecule has 1 atom stereocenters. The number of methoxy groups -OCH3 is 1. The van der Waals surface area contributed by atoms with Crippen molar-refractivity contribution < 1.29 is 23.1 Å². The number of thiocarbonyl (C=S) groups is 1. The summed E-state index contributed by atoms with van der Waals surface area (Å²) in [5.74, 6) is -3.93. The zero-order valence-corrected chi connectivity index (χ0v) is 16.7. The van der Waals surface area contributed by atoms with Crippen LogP contribution in [-0.2, 0) is 14.3 Å². The van der Waals surface area contributed by atoms with Crippen molar-refractivity contribution in [1.29, 1.82) is 0 Å². The van der Waals surface area contributed by atoms with Crippen molar-refractivity contribution in [3.05, 3.63) is 75.9 Å². The highest BCUT2D eigenvalue weighted by atomic mass is 32.1. The van der Waals surface area contributed by atoms with Crippen molar-refractivity contribution in [2.24, 2.45) is 0 Å². The topological polar surface area (TPSA) is 67.4 Å². The van der Waals surface area contributed by atoms with E-state index in [4.69, 9.17) is 12.2 Å². The lowest BCUT2D eigenvalue weighted by Gasteiger charge is -2.32. The third-order valence-corrected chi connectivity index (χ3v) is 4.85. The van der Waals surface area contributed by atoms with E-state index in [-0.39, 0.29) is 16.4 Å². The fourth-order valence-corrected chi connectivity index (χ4v) is 3.54. The highest BCUT2D eigenvalue weighted by Crippen LogP contribution is 2.35. The maximum Gasteiger partial charge on any atom is 0.379 e. The second kappa shape index (κ2) is 8.08. The fourth-order valence-electron chi connectivity index (χ4n) is 3.32. The Balaban J connectivity index is 2.34. The van der Waals surface area contributed by atoms with Crippen molar-refractivity contribution in [3.8, 4) is 0 Å². The Morgan fingerprint density at radius 2 is 1.76 bits per heavy atom. The molecule has 0 aliphatic carbocycles. The largest absolute Gasteiger partial charge is 0.463 e. The molecule has 0 bridgehead atoms. The number of halogens is 2. The van der Waals surface area contributed by atoms with E-state index in [9.17, 15) is 18.4 Å². The number of rotatable bonds is 4. The Labute approximate surface area is 171 Å². The second-order valence-electron chi connectivity index (χ2n) is 6.59. The van der Waals surface area contributed by atoms with Crippen molar-refractivity contribution >= 4 is 34.8 Å². The molecule has 29 heavy (non-hydrogen) atoms. The Morgan fingerprint density at radius 1 is 1.10 bits per heavy atom. The molecule has 8 heteroatoms. The smallest absolute Gasteiger partial charge is 0.379 e. The normalized spacial score (nSPS) is 16.2. The molecule has 0 aromatic heterocycles. The number of benzene rings is 2. The summed E-state index contributed by atoms with van der Waals surface area (Å²) in [5.41, 5.74) is 1.97. The van der Waals surface area contributed by atoms with E-state index in [1.165, 1.54) is 6.07 Å². The molecule has 150 valence electrons. The van der Waals surface area contributed by atoms with Crippen LogP contribution in [0, 0.1) is 25.5 Å². The minimum absolute atomic E-state index is 0.0639. The van der Waals surface area contributed by atoms with Gasteiger partial charge in [-0.3, -0.25) is 4.79 Å². The van der Waals surface area contributed by atoms with Crippen LogP contribution in [0.25, 0.3) is 5.70 Å². The van der Waals surface area contributed by atoms with Crippen molar-refractivity contribution in [1.82, 2.24) is 10.6 Å². The van der Waals surface area contributed by atoms with Crippen molar-refractivity contribution in [3.63, 3.8) is 0 Å². The van der Waals surface area contributed by atoms with Crippen LogP contribution in [0.1, 0.15) is 28.3 Å². The molecule has 2 aromatic rings. The van der Waals surface area contributed by atoms with Gasteiger partial charge in [0.15, 0.2) is 5.11 Å². The van der Waals surface area contributed by atoms with Gasteiger partial charge >= 0.3 is 5.97 Å². The average molecular weight is 416 g/mol. The van der Waals surface area contributed by atoms with Crippen molar-refractivity contribution in [2.75, 3.05) is 7.11 Å². The molecule has 5 nitrogen and oxygen atoms in total. The van der Waals surface area contributed by atoms with Gasteiger partial charge in [-0.2, -0.15) is 0 Å². The van der Waals surface area contributed by atoms with E-state index in [1.807, 2.05) is 26.0 Å². The highest BCUT2D eigenvalue weighted by Gasteiger charge is 2.38. The van der Waals surface area contributed by atoms with Gasteiger partial charge in [0.1, 0.15) is 11.6 Å². The summed E-state index contributed by atoms with van der Waals surface area (Å²) in [6.45, 7) is 3.73. The summed E-state index contributed by atoms with van der Waals surface area (Å²) in [5, 5.41) is 5.64. The van der Waals surface area contributed by atoms with E-state index in [1.54, 1.807) is 6.07 Å². The van der Waals surface area contributed by atoms with Crippen LogP contribution in [0.15, 0.2) is 42.0 Å². The Morgan fingerprint density at radius 3 is 2.34 bits per heavy atom. The lowest BCUT2D eigenvalue weighted by molar-refractivity contribution is -0.150. The molecule has 3 rings (SSSR count). The number of hydrogen-bond donors (Lipinski definition) is 2. The van der Waals surface area contributed by atoms with E-state index < -0.39 is 35.0 Å². The fraction of sp³-hybridized carbons (Fsp3) is 0.190. The highest BCUT2D eigenvalue weighted by molar-refractivity contribution is 7.80. The number of carbonyl (C=O) groups is 2. The third-order valence-electron chi connectivity index (χ3n) is 4.63. The molecule has 1 aliphatic rings. The predicted octanol–water partition coefficient (Wildman–Crippen LogP) is 3.25. The lowest BCUT2D eigenvalue weighted by atomic mass is 9.88. The second-order valence-corrected chi connectivity index (χ2v) is 7.00. The van der Waals surface area contributed by atoms with Crippen LogP contribution < -0.4 is 10.6 Å². The first-order valence-electron chi connectivity index (χ1n) is 8.70. The van der Waals surface area contributed by atoms with E-state index in [0.29, 0.717) is 5.56 Å². The van der Waals surface area contributed by atoms with Crippen LogP contribution in [0.3, 0.4) is 0 Å². The molecular weight excluding hydrogens is 398 g/mol. The summed E-state index contributed by atoms with van der Waals surface area (Å²) in [4.78, 5) is 25.0. The molecule has 0 saturated carbocycles. The summed E-state index contributed by atoms with van der Waals surface area (Å²) >= 11 is 5.22. The predicted molar refractivity (Wildman–Crippen MR) is 108 cm³/mol. The van der Waals surface area contributed by atoms with Gasteiger partial charge in [0.05, 0.1) is 30.0 Å². The van der Waals surface area contributed by atoms with Crippen LogP contribution in [0.5, 0.6) is 0 Å². The molecule has 0 saturated heterocycles. The first-order chi connectivity index (χ1) is 13.7. The minimum atomic E-state index is -1.31. The number of esters is 1. The van der Waals surface area contributed by atoms with Gasteiger partial charge in [-0.05, 0) is 43.8 Å².